The van der Waals surface area contributed by atoms with Gasteiger partial charge in [-0.3, -0.25) is 4.79 Å². The van der Waals surface area contributed by atoms with Gasteiger partial charge in [-0.25, -0.2) is 4.79 Å². The Morgan fingerprint density at radius 3 is 2.48 bits per heavy atom. The van der Waals surface area contributed by atoms with Crippen molar-refractivity contribution in [2.24, 2.45) is 22.9 Å². The third-order valence-corrected chi connectivity index (χ3v) is 11.8. The van der Waals surface area contributed by atoms with E-state index < -0.39 is 23.8 Å². The van der Waals surface area contributed by atoms with Crippen molar-refractivity contribution in [2.75, 3.05) is 53.8 Å². The van der Waals surface area contributed by atoms with Gasteiger partial charge in [-0.05, 0) is 92.0 Å². The van der Waals surface area contributed by atoms with Gasteiger partial charge in [-0.1, -0.05) is 60.5 Å². The minimum atomic E-state index is -1.43. The van der Waals surface area contributed by atoms with E-state index in [1.807, 2.05) is 55.5 Å². The molecular formula is C48H60N2O11. The van der Waals surface area contributed by atoms with Gasteiger partial charge in [-0.2, -0.15) is 0 Å². The van der Waals surface area contributed by atoms with Crippen LogP contribution in [0, 0.1) is 17.8 Å². The fraction of sp³-hybridized carbons (Fsp3) is 0.479. The first-order valence-electron chi connectivity index (χ1n) is 21.3. The molecule has 2 aliphatic carbocycles. The maximum absolute atomic E-state index is 14.1. The third-order valence-electron chi connectivity index (χ3n) is 11.8. The molecule has 3 aromatic carbocycles. The zero-order chi connectivity index (χ0) is 43.2. The first kappa shape index (κ1) is 45.3. The molecule has 1 heterocycles. The number of aldehydes is 1. The van der Waals surface area contributed by atoms with E-state index in [0.717, 1.165) is 48.7 Å². The van der Waals surface area contributed by atoms with Gasteiger partial charge in [0.25, 0.3) is 0 Å². The second-order valence-electron chi connectivity index (χ2n) is 15.6. The summed E-state index contributed by atoms with van der Waals surface area (Å²) in [5.74, 6) is -0.0587. The van der Waals surface area contributed by atoms with E-state index in [0.29, 0.717) is 60.3 Å². The molecule has 61 heavy (non-hydrogen) atoms. The Morgan fingerprint density at radius 1 is 1.00 bits per heavy atom. The Bertz CT molecular complexity index is 1990. The molecule has 328 valence electrons. The van der Waals surface area contributed by atoms with Crippen molar-refractivity contribution < 1.29 is 53.1 Å². The lowest BCUT2D eigenvalue weighted by Gasteiger charge is -2.59. The number of rotatable bonds is 23. The molecule has 1 aliphatic heterocycles. The van der Waals surface area contributed by atoms with Gasteiger partial charge in [0, 0.05) is 38.2 Å². The maximum Gasteiger partial charge on any atom is 0.410 e. The summed E-state index contributed by atoms with van der Waals surface area (Å²) < 4.78 is 37.5. The highest BCUT2D eigenvalue weighted by Crippen LogP contribution is 2.62. The molecule has 1 fully saturated rings. The average Bonchev–Trinajstić information content (AvgIpc) is 3.28. The number of carbonyl (C=O) groups is 2. The number of hydrogen-bond acceptors (Lipinski definition) is 12. The van der Waals surface area contributed by atoms with Crippen molar-refractivity contribution in [1.82, 2.24) is 4.90 Å². The van der Waals surface area contributed by atoms with Crippen molar-refractivity contribution in [3.05, 3.63) is 108 Å². The molecule has 1 saturated carbocycles. The number of aliphatic hydroxyl groups excluding tert-OH is 2. The lowest BCUT2D eigenvalue weighted by atomic mass is 9.55. The molecule has 6 unspecified atom stereocenters. The average molecular weight is 841 g/mol. The maximum atomic E-state index is 14.1. The number of unbranched alkanes of at least 4 members (excludes halogenated alkanes) is 2. The lowest BCUT2D eigenvalue weighted by molar-refractivity contribution is -0.253. The van der Waals surface area contributed by atoms with Gasteiger partial charge >= 0.3 is 6.09 Å². The highest BCUT2D eigenvalue weighted by Gasteiger charge is 2.65. The third kappa shape index (κ3) is 10.5. The second-order valence-corrected chi connectivity index (χ2v) is 15.6. The van der Waals surface area contributed by atoms with E-state index in [4.69, 9.17) is 38.4 Å². The van der Waals surface area contributed by atoms with Crippen LogP contribution >= 0.6 is 0 Å². The highest BCUT2D eigenvalue weighted by atomic mass is 16.7. The molecule has 2 N–H and O–H groups in total. The SMILES string of the molecule is C=CCOC12Oc3ccc(Oc4ccc(OC)c(C=O)c4)cc3C3C(CCCCO)C(CCCCO)C=C(C(=NOCC)CC1N(C)C(=O)OCCOCc1ccccc1)C32. The summed E-state index contributed by atoms with van der Waals surface area (Å²) in [5.41, 5.74) is 3.89. The molecule has 0 radical (unpaired) electrons. The van der Waals surface area contributed by atoms with Crippen LogP contribution in [0.4, 0.5) is 4.79 Å². The van der Waals surface area contributed by atoms with Crippen LogP contribution in [0.15, 0.2) is 96.2 Å². The summed E-state index contributed by atoms with van der Waals surface area (Å²) in [5, 5.41) is 24.4. The van der Waals surface area contributed by atoms with Crippen molar-refractivity contribution in [3.63, 3.8) is 0 Å². The Hall–Kier alpha value is -5.21. The number of oxime groups is 1. The first-order valence-corrected chi connectivity index (χ1v) is 21.3. The van der Waals surface area contributed by atoms with Gasteiger partial charge in [0.1, 0.15) is 42.3 Å². The molecule has 13 nitrogen and oxygen atoms in total. The molecule has 0 bridgehead atoms. The van der Waals surface area contributed by atoms with E-state index in [1.165, 1.54) is 7.11 Å². The first-order chi connectivity index (χ1) is 29.8. The van der Waals surface area contributed by atoms with E-state index in [2.05, 4.69) is 12.7 Å². The van der Waals surface area contributed by atoms with Crippen molar-refractivity contribution >= 4 is 18.1 Å². The van der Waals surface area contributed by atoms with E-state index in [9.17, 15) is 19.8 Å². The van der Waals surface area contributed by atoms with Crippen molar-refractivity contribution in [1.29, 1.82) is 0 Å². The number of fused-ring (bicyclic) bond motifs is 2. The topological polar surface area (TPSA) is 155 Å². The molecule has 0 spiro atoms. The molecule has 1 amide bonds. The van der Waals surface area contributed by atoms with Gasteiger partial charge in [0.2, 0.25) is 5.79 Å². The molecular weight excluding hydrogens is 781 g/mol. The van der Waals surface area contributed by atoms with E-state index in [-0.39, 0.29) is 57.2 Å². The number of carbonyl (C=O) groups excluding carboxylic acids is 2. The van der Waals surface area contributed by atoms with Gasteiger partial charge in [0.05, 0.1) is 44.1 Å². The number of nitrogens with zero attached hydrogens (tertiary/aromatic N) is 2. The van der Waals surface area contributed by atoms with E-state index in [1.54, 1.807) is 36.2 Å². The Morgan fingerprint density at radius 2 is 1.75 bits per heavy atom. The number of amides is 1. The van der Waals surface area contributed by atoms with Crippen LogP contribution < -0.4 is 14.2 Å². The fourth-order valence-electron chi connectivity index (χ4n) is 9.12. The number of methoxy groups -OCH3 is 1. The predicted octanol–water partition coefficient (Wildman–Crippen LogP) is 8.24. The predicted molar refractivity (Wildman–Crippen MR) is 230 cm³/mol. The number of hydrogen-bond donors (Lipinski definition) is 2. The number of benzene rings is 3. The summed E-state index contributed by atoms with van der Waals surface area (Å²) in [7, 11) is 3.20. The van der Waals surface area contributed by atoms with E-state index >= 15 is 0 Å². The van der Waals surface area contributed by atoms with Crippen LogP contribution in [-0.4, -0.2) is 98.8 Å². The summed E-state index contributed by atoms with van der Waals surface area (Å²) in [6.07, 6.45) is 8.85. The summed E-state index contributed by atoms with van der Waals surface area (Å²) in [4.78, 5) is 33.3. The van der Waals surface area contributed by atoms with Crippen LogP contribution in [0.5, 0.6) is 23.0 Å². The zero-order valence-electron chi connectivity index (χ0n) is 35.5. The van der Waals surface area contributed by atoms with Crippen LogP contribution in [0.3, 0.4) is 0 Å². The normalized spacial score (nSPS) is 23.1. The second kappa shape index (κ2) is 22.1. The minimum absolute atomic E-state index is 0.0253. The van der Waals surface area contributed by atoms with Crippen LogP contribution in [0.1, 0.15) is 79.3 Å². The highest BCUT2D eigenvalue weighted by molar-refractivity contribution is 6.03. The summed E-state index contributed by atoms with van der Waals surface area (Å²) in [6.45, 7) is 7.14. The standard InChI is InChI=1S/C48H60N2O11/c1-5-24-58-48-44(50(3)47(54)57-26-25-56-32-33-14-8-7-9-15-33)30-41(49-59-6-2)39-28-34(16-10-12-22-51)38(17-11-13-23-52)45(46(39)48)40-29-37(19-21-43(40)61-48)60-36-18-20-42(55-4)35(27-36)31-53/h5,7-9,14-15,18-21,27-29,31,34,38,44-46,51-52H,1,6,10-13,16-17,22-26,30,32H2,2-4H3. The van der Waals surface area contributed by atoms with Crippen LogP contribution in [0.25, 0.3) is 0 Å². The Labute approximate surface area is 358 Å². The zero-order valence-corrected chi connectivity index (χ0v) is 35.5. The van der Waals surface area contributed by atoms with Crippen molar-refractivity contribution in [3.8, 4) is 23.0 Å². The summed E-state index contributed by atoms with van der Waals surface area (Å²) >= 11 is 0. The fourth-order valence-corrected chi connectivity index (χ4v) is 9.12. The van der Waals surface area contributed by atoms with Gasteiger partial charge in [0.15, 0.2) is 6.29 Å². The smallest absolute Gasteiger partial charge is 0.410 e. The largest absolute Gasteiger partial charge is 0.496 e. The Balaban J connectivity index is 1.44. The molecule has 6 atom stereocenters. The minimum Gasteiger partial charge on any atom is -0.496 e. The molecule has 0 saturated heterocycles. The molecule has 3 aliphatic rings. The number of likely N-dealkylation sites (N-methyl/N-ethyl adjacent to an activating group) is 1. The monoisotopic (exact) mass is 840 g/mol. The molecule has 3 aromatic rings. The number of aliphatic hydroxyl groups is 2. The lowest BCUT2D eigenvalue weighted by Crippen LogP contribution is -2.69. The summed E-state index contributed by atoms with van der Waals surface area (Å²) in [6, 6.07) is 19.8. The quantitative estimate of drug-likeness (QED) is 0.0411. The van der Waals surface area contributed by atoms with Gasteiger partial charge in [-0.15, -0.1) is 6.58 Å². The van der Waals surface area contributed by atoms with Crippen molar-refractivity contribution in [2.45, 2.75) is 76.2 Å². The number of ether oxygens (including phenoxy) is 6. The van der Waals surface area contributed by atoms with Crippen LogP contribution in [-0.2, 0) is 25.7 Å². The Kier molecular flexibility index (Phi) is 16.4. The van der Waals surface area contributed by atoms with Crippen LogP contribution in [0.2, 0.25) is 0 Å². The number of allylic oxidation sites excluding steroid dienone is 1. The molecule has 6 rings (SSSR count). The molecule has 0 aromatic heterocycles. The van der Waals surface area contributed by atoms with Gasteiger partial charge < -0.3 is 48.4 Å². The molecule has 13 heteroatoms.